The molecule has 0 spiro atoms. The highest BCUT2D eigenvalue weighted by molar-refractivity contribution is 6.46. The Morgan fingerprint density at radius 3 is 2.39 bits per heavy atom. The van der Waals surface area contributed by atoms with Gasteiger partial charge in [-0.2, -0.15) is 0 Å². The number of aliphatic hydroxyl groups excluding tert-OH is 2. The zero-order valence-corrected chi connectivity index (χ0v) is 15.2. The lowest BCUT2D eigenvalue weighted by Gasteiger charge is -2.24. The van der Waals surface area contributed by atoms with E-state index in [1.807, 2.05) is 0 Å². The van der Waals surface area contributed by atoms with Crippen LogP contribution in [-0.4, -0.2) is 44.9 Å². The molecule has 144 valence electrons. The van der Waals surface area contributed by atoms with Crippen molar-refractivity contribution in [3.8, 4) is 0 Å². The van der Waals surface area contributed by atoms with Crippen LogP contribution in [-0.2, 0) is 9.59 Å². The Morgan fingerprint density at radius 2 is 1.79 bits per heavy atom. The van der Waals surface area contributed by atoms with Crippen molar-refractivity contribution in [3.05, 3.63) is 80.4 Å². The Hall–Kier alpha value is -3.23. The molecule has 1 aliphatic heterocycles. The van der Waals surface area contributed by atoms with E-state index < -0.39 is 35.0 Å². The van der Waals surface area contributed by atoms with Crippen LogP contribution in [0.15, 0.2) is 54.1 Å². The molecule has 0 aromatic heterocycles. The molecule has 3 rings (SSSR count). The minimum absolute atomic E-state index is 0.0654. The maximum Gasteiger partial charge on any atom is 0.295 e. The van der Waals surface area contributed by atoms with Gasteiger partial charge in [0.25, 0.3) is 17.4 Å². The summed E-state index contributed by atoms with van der Waals surface area (Å²) in [5, 5.41) is 31.9. The highest BCUT2D eigenvalue weighted by atomic mass is 35.5. The molecule has 2 N–H and O–H groups in total. The van der Waals surface area contributed by atoms with E-state index >= 15 is 0 Å². The Balaban J connectivity index is 2.26. The second-order valence-electron chi connectivity index (χ2n) is 6.04. The van der Waals surface area contributed by atoms with E-state index in [1.165, 1.54) is 48.5 Å². The van der Waals surface area contributed by atoms with Crippen molar-refractivity contribution >= 4 is 34.7 Å². The molecule has 0 saturated carbocycles. The zero-order chi connectivity index (χ0) is 20.4. The molecular weight excluding hydrogens is 388 g/mol. The number of benzene rings is 2. The van der Waals surface area contributed by atoms with Gasteiger partial charge in [-0.3, -0.25) is 19.7 Å². The lowest BCUT2D eigenvalue weighted by atomic mass is 9.94. The molecule has 1 fully saturated rings. The third kappa shape index (κ3) is 3.35. The molecule has 8 nitrogen and oxygen atoms in total. The number of carbonyl (C=O) groups excluding carboxylic acids is 2. The number of halogens is 1. The van der Waals surface area contributed by atoms with E-state index in [0.717, 1.165) is 4.90 Å². The predicted octanol–water partition coefficient (Wildman–Crippen LogP) is 2.66. The number of likely N-dealkylation sites (tertiary alicyclic amines) is 1. The van der Waals surface area contributed by atoms with Crippen LogP contribution in [0.1, 0.15) is 17.2 Å². The summed E-state index contributed by atoms with van der Waals surface area (Å²) >= 11 is 5.84. The van der Waals surface area contributed by atoms with E-state index in [-0.39, 0.29) is 28.9 Å². The number of nitro groups is 1. The minimum Gasteiger partial charge on any atom is -0.507 e. The first kappa shape index (κ1) is 19.5. The first-order chi connectivity index (χ1) is 13.4. The van der Waals surface area contributed by atoms with E-state index in [0.29, 0.717) is 5.02 Å². The van der Waals surface area contributed by atoms with Crippen LogP contribution in [0.2, 0.25) is 5.02 Å². The van der Waals surface area contributed by atoms with Crippen molar-refractivity contribution in [2.75, 3.05) is 13.2 Å². The predicted molar refractivity (Wildman–Crippen MR) is 101 cm³/mol. The van der Waals surface area contributed by atoms with Crippen molar-refractivity contribution in [1.29, 1.82) is 0 Å². The topological polar surface area (TPSA) is 121 Å². The average Bonchev–Trinajstić information content (AvgIpc) is 2.93. The average molecular weight is 403 g/mol. The maximum atomic E-state index is 12.7. The number of ketones is 1. The number of amides is 1. The number of β-amino-alcohol motifs (C(OH)–C–C–N with tert-alkyl or cyclic N) is 1. The fourth-order valence-corrected chi connectivity index (χ4v) is 3.32. The van der Waals surface area contributed by atoms with Crippen LogP contribution in [0.25, 0.3) is 5.76 Å². The summed E-state index contributed by atoms with van der Waals surface area (Å²) in [6.45, 7) is -0.677. The van der Waals surface area contributed by atoms with Gasteiger partial charge in [-0.25, -0.2) is 0 Å². The second kappa shape index (κ2) is 7.79. The van der Waals surface area contributed by atoms with E-state index in [4.69, 9.17) is 11.6 Å². The molecule has 0 unspecified atom stereocenters. The quantitative estimate of drug-likeness (QED) is 0.261. The van der Waals surface area contributed by atoms with Gasteiger partial charge in [0.2, 0.25) is 0 Å². The fourth-order valence-electron chi connectivity index (χ4n) is 3.19. The van der Waals surface area contributed by atoms with Crippen molar-refractivity contribution in [3.63, 3.8) is 0 Å². The number of nitrogens with zero attached hydrogens (tertiary/aromatic N) is 2. The number of Topliss-reactive ketones (excluding diaryl/α,β-unsaturated/α-hetero) is 1. The number of hydrogen-bond acceptors (Lipinski definition) is 6. The van der Waals surface area contributed by atoms with Crippen molar-refractivity contribution in [2.24, 2.45) is 0 Å². The van der Waals surface area contributed by atoms with Crippen LogP contribution in [0.4, 0.5) is 5.69 Å². The highest BCUT2D eigenvalue weighted by Crippen LogP contribution is 2.42. The van der Waals surface area contributed by atoms with Gasteiger partial charge in [-0.1, -0.05) is 23.7 Å². The number of carbonyl (C=O) groups is 2. The Kier molecular flexibility index (Phi) is 5.43. The first-order valence-corrected chi connectivity index (χ1v) is 8.63. The summed E-state index contributed by atoms with van der Waals surface area (Å²) in [5.41, 5.74) is -0.292. The molecule has 2 aromatic carbocycles. The SMILES string of the molecule is O=C1C(=O)N(CCO)[C@H](c2ccccc2[N+](=O)[O-])C1=C(O)c1ccc(Cl)cc1. The van der Waals surface area contributed by atoms with Gasteiger partial charge in [0.05, 0.1) is 28.7 Å². The van der Waals surface area contributed by atoms with E-state index in [1.54, 1.807) is 0 Å². The second-order valence-corrected chi connectivity index (χ2v) is 6.48. The van der Waals surface area contributed by atoms with Gasteiger partial charge < -0.3 is 15.1 Å². The third-order valence-electron chi connectivity index (χ3n) is 4.43. The molecule has 0 aliphatic carbocycles. The number of hydrogen-bond donors (Lipinski definition) is 2. The van der Waals surface area contributed by atoms with Crippen molar-refractivity contribution in [1.82, 2.24) is 4.90 Å². The molecule has 9 heteroatoms. The molecule has 1 atom stereocenters. The monoisotopic (exact) mass is 402 g/mol. The molecular formula is C19H15ClN2O6. The number of para-hydroxylation sites is 1. The number of rotatable bonds is 5. The van der Waals surface area contributed by atoms with Gasteiger partial charge in [-0.05, 0) is 30.3 Å². The van der Waals surface area contributed by atoms with Gasteiger partial charge in [0.15, 0.2) is 0 Å². The molecule has 28 heavy (non-hydrogen) atoms. The van der Waals surface area contributed by atoms with Crippen LogP contribution in [0.5, 0.6) is 0 Å². The maximum absolute atomic E-state index is 12.7. The summed E-state index contributed by atoms with van der Waals surface area (Å²) in [6.07, 6.45) is 0. The van der Waals surface area contributed by atoms with Gasteiger partial charge in [0, 0.05) is 23.2 Å². The van der Waals surface area contributed by atoms with Gasteiger partial charge >= 0.3 is 0 Å². The normalized spacial score (nSPS) is 18.5. The Bertz CT molecular complexity index is 986. The summed E-state index contributed by atoms with van der Waals surface area (Å²) in [5.74, 6) is -2.41. The molecule has 1 heterocycles. The summed E-state index contributed by atoms with van der Waals surface area (Å²) in [4.78, 5) is 37.0. The molecule has 1 saturated heterocycles. The molecule has 1 aliphatic rings. The summed E-state index contributed by atoms with van der Waals surface area (Å²) in [7, 11) is 0. The zero-order valence-electron chi connectivity index (χ0n) is 14.4. The molecule has 2 aromatic rings. The third-order valence-corrected chi connectivity index (χ3v) is 4.68. The van der Waals surface area contributed by atoms with Crippen molar-refractivity contribution < 1.29 is 24.7 Å². The van der Waals surface area contributed by atoms with Crippen LogP contribution < -0.4 is 0 Å². The number of aliphatic hydroxyl groups is 2. The highest BCUT2D eigenvalue weighted by Gasteiger charge is 2.47. The molecule has 1 amide bonds. The lowest BCUT2D eigenvalue weighted by molar-refractivity contribution is -0.385. The van der Waals surface area contributed by atoms with Crippen LogP contribution in [0.3, 0.4) is 0 Å². The van der Waals surface area contributed by atoms with Gasteiger partial charge in [-0.15, -0.1) is 0 Å². The van der Waals surface area contributed by atoms with Crippen LogP contribution in [0, 0.1) is 10.1 Å². The summed E-state index contributed by atoms with van der Waals surface area (Å²) < 4.78 is 0. The van der Waals surface area contributed by atoms with Crippen molar-refractivity contribution in [2.45, 2.75) is 6.04 Å². The molecule has 0 radical (unpaired) electrons. The minimum atomic E-state index is -1.20. The number of nitro benzene ring substituents is 1. The first-order valence-electron chi connectivity index (χ1n) is 8.25. The Labute approximate surface area is 164 Å². The van der Waals surface area contributed by atoms with E-state index in [2.05, 4.69) is 0 Å². The largest absolute Gasteiger partial charge is 0.507 e. The Morgan fingerprint density at radius 1 is 1.14 bits per heavy atom. The standard InChI is InChI=1S/C19H15ClN2O6/c20-12-7-5-11(6-8-12)17(24)15-16(21(9-10-23)19(26)18(15)25)13-3-1-2-4-14(13)22(27)28/h1-8,16,23-24H,9-10H2/t16-/m1/s1. The van der Waals surface area contributed by atoms with Crippen LogP contribution >= 0.6 is 11.6 Å². The smallest absolute Gasteiger partial charge is 0.295 e. The van der Waals surface area contributed by atoms with E-state index in [9.17, 15) is 29.9 Å². The van der Waals surface area contributed by atoms with Gasteiger partial charge in [0.1, 0.15) is 5.76 Å². The summed E-state index contributed by atoms with van der Waals surface area (Å²) in [6, 6.07) is 10.4. The molecule has 0 bridgehead atoms. The fraction of sp³-hybridized carbons (Fsp3) is 0.158. The lowest BCUT2D eigenvalue weighted by Crippen LogP contribution is -2.32.